The van der Waals surface area contributed by atoms with Crippen LogP contribution in [0.1, 0.15) is 17.7 Å². The molecule has 0 aliphatic rings. The number of nitrogens with zero attached hydrogens (tertiary/aromatic N) is 2. The summed E-state index contributed by atoms with van der Waals surface area (Å²) in [6.45, 7) is 2.30. The van der Waals surface area contributed by atoms with Crippen LogP contribution in [0.3, 0.4) is 0 Å². The van der Waals surface area contributed by atoms with Gasteiger partial charge in [-0.05, 0) is 25.5 Å². The molecule has 0 bridgehead atoms. The average Bonchev–Trinajstić information content (AvgIpc) is 2.52. The molecule has 1 amide bonds. The summed E-state index contributed by atoms with van der Waals surface area (Å²) in [5, 5.41) is 2.72. The number of aryl methyl sites for hydroxylation is 1. The molecule has 0 aliphatic heterocycles. The highest BCUT2D eigenvalue weighted by Crippen LogP contribution is 2.13. The van der Waals surface area contributed by atoms with Crippen LogP contribution in [0.25, 0.3) is 11.4 Å². The zero-order valence-corrected chi connectivity index (χ0v) is 13.2. The summed E-state index contributed by atoms with van der Waals surface area (Å²) in [4.78, 5) is 34.9. The molecule has 0 saturated heterocycles. The first kappa shape index (κ1) is 16.2. The number of carbonyl (C=O) groups excluding carboxylic acids is 1. The summed E-state index contributed by atoms with van der Waals surface area (Å²) in [6.07, 6.45) is 3.91. The van der Waals surface area contributed by atoms with E-state index < -0.39 is 0 Å². The first-order chi connectivity index (χ1) is 10.6. The largest absolute Gasteiger partial charge is 0.355 e. The highest BCUT2D eigenvalue weighted by Gasteiger charge is 2.11. The van der Waals surface area contributed by atoms with E-state index in [0.717, 1.165) is 5.56 Å². The zero-order chi connectivity index (χ0) is 15.9. The van der Waals surface area contributed by atoms with E-state index in [1.807, 2.05) is 0 Å². The molecule has 2 heterocycles. The summed E-state index contributed by atoms with van der Waals surface area (Å²) >= 11 is 4.03. The fraction of sp³-hybridized carbons (Fsp3) is 0.333. The SMILES string of the molecule is Cc1nc(-c2ccncc2)[nH]c(=O)c1CCC(=O)NCCS. The lowest BCUT2D eigenvalue weighted by Crippen LogP contribution is -2.27. The Bertz CT molecular complexity index is 700. The van der Waals surface area contributed by atoms with Crippen molar-refractivity contribution in [3.05, 3.63) is 46.1 Å². The molecule has 22 heavy (non-hydrogen) atoms. The second kappa shape index (κ2) is 7.74. The van der Waals surface area contributed by atoms with Crippen molar-refractivity contribution in [1.82, 2.24) is 20.3 Å². The number of thiol groups is 1. The highest BCUT2D eigenvalue weighted by atomic mass is 32.1. The first-order valence-corrected chi connectivity index (χ1v) is 7.63. The third-order valence-corrected chi connectivity index (χ3v) is 3.44. The number of rotatable bonds is 6. The number of aromatic nitrogens is 3. The van der Waals surface area contributed by atoms with E-state index in [2.05, 4.69) is 32.9 Å². The number of pyridine rings is 1. The Morgan fingerprint density at radius 2 is 2.09 bits per heavy atom. The lowest BCUT2D eigenvalue weighted by atomic mass is 10.1. The van der Waals surface area contributed by atoms with Crippen LogP contribution in [0.5, 0.6) is 0 Å². The fourth-order valence-electron chi connectivity index (χ4n) is 2.07. The summed E-state index contributed by atoms with van der Waals surface area (Å²) in [6, 6.07) is 3.56. The molecule has 0 fully saturated rings. The van der Waals surface area contributed by atoms with Gasteiger partial charge in [-0.15, -0.1) is 0 Å². The summed E-state index contributed by atoms with van der Waals surface area (Å²) < 4.78 is 0. The molecule has 0 unspecified atom stereocenters. The molecule has 0 spiro atoms. The molecule has 0 aromatic carbocycles. The van der Waals surface area contributed by atoms with Gasteiger partial charge in [0, 0.05) is 47.9 Å². The number of hydrogen-bond donors (Lipinski definition) is 3. The van der Waals surface area contributed by atoms with Gasteiger partial charge in [0.2, 0.25) is 5.91 Å². The minimum absolute atomic E-state index is 0.0916. The van der Waals surface area contributed by atoms with Crippen molar-refractivity contribution in [3.63, 3.8) is 0 Å². The van der Waals surface area contributed by atoms with Gasteiger partial charge in [0.25, 0.3) is 5.56 Å². The van der Waals surface area contributed by atoms with E-state index >= 15 is 0 Å². The van der Waals surface area contributed by atoms with Crippen molar-refractivity contribution in [2.75, 3.05) is 12.3 Å². The molecule has 7 heteroatoms. The molecular weight excluding hydrogens is 300 g/mol. The molecule has 0 atom stereocenters. The predicted molar refractivity (Wildman–Crippen MR) is 88.0 cm³/mol. The molecule has 2 rings (SSSR count). The Labute approximate surface area is 133 Å². The monoisotopic (exact) mass is 318 g/mol. The highest BCUT2D eigenvalue weighted by molar-refractivity contribution is 7.80. The normalized spacial score (nSPS) is 10.5. The molecular formula is C15H18N4O2S. The molecule has 2 N–H and O–H groups in total. The van der Waals surface area contributed by atoms with Crippen LogP contribution < -0.4 is 10.9 Å². The van der Waals surface area contributed by atoms with E-state index in [4.69, 9.17) is 0 Å². The molecule has 0 saturated carbocycles. The number of aromatic amines is 1. The average molecular weight is 318 g/mol. The van der Waals surface area contributed by atoms with E-state index in [1.54, 1.807) is 31.5 Å². The van der Waals surface area contributed by atoms with Crippen molar-refractivity contribution in [2.45, 2.75) is 19.8 Å². The first-order valence-electron chi connectivity index (χ1n) is 6.99. The number of nitrogens with one attached hydrogen (secondary N) is 2. The topological polar surface area (TPSA) is 87.7 Å². The number of H-pyrrole nitrogens is 1. The molecule has 0 aliphatic carbocycles. The lowest BCUT2D eigenvalue weighted by Gasteiger charge is -2.07. The van der Waals surface area contributed by atoms with Crippen molar-refractivity contribution < 1.29 is 4.79 Å². The molecule has 0 radical (unpaired) electrons. The van der Waals surface area contributed by atoms with Gasteiger partial charge in [-0.3, -0.25) is 14.6 Å². The lowest BCUT2D eigenvalue weighted by molar-refractivity contribution is -0.120. The standard InChI is InChI=1S/C15H18N4O2S/c1-10-12(2-3-13(20)17-8-9-22)15(21)19-14(18-10)11-4-6-16-7-5-11/h4-7,22H,2-3,8-9H2,1H3,(H,17,20)(H,18,19,21). The van der Waals surface area contributed by atoms with Gasteiger partial charge in [0.1, 0.15) is 5.82 Å². The number of carbonyl (C=O) groups is 1. The van der Waals surface area contributed by atoms with Gasteiger partial charge in [-0.2, -0.15) is 12.6 Å². The van der Waals surface area contributed by atoms with Crippen LogP contribution in [0.15, 0.2) is 29.3 Å². The number of hydrogen-bond acceptors (Lipinski definition) is 5. The van der Waals surface area contributed by atoms with Crippen LogP contribution in [-0.2, 0) is 11.2 Å². The third kappa shape index (κ3) is 4.17. The van der Waals surface area contributed by atoms with Gasteiger partial charge in [0.05, 0.1) is 0 Å². The van der Waals surface area contributed by atoms with E-state index in [9.17, 15) is 9.59 Å². The van der Waals surface area contributed by atoms with Crippen LogP contribution in [0.4, 0.5) is 0 Å². The maximum absolute atomic E-state index is 12.2. The van der Waals surface area contributed by atoms with Crippen LogP contribution >= 0.6 is 12.6 Å². The van der Waals surface area contributed by atoms with E-state index in [1.165, 1.54) is 0 Å². The zero-order valence-electron chi connectivity index (χ0n) is 12.3. The van der Waals surface area contributed by atoms with Crippen molar-refractivity contribution >= 4 is 18.5 Å². The van der Waals surface area contributed by atoms with E-state index in [0.29, 0.717) is 35.8 Å². The van der Waals surface area contributed by atoms with Gasteiger partial charge in [0.15, 0.2) is 0 Å². The Morgan fingerprint density at radius 3 is 2.73 bits per heavy atom. The Hall–Kier alpha value is -2.15. The van der Waals surface area contributed by atoms with Crippen LogP contribution in [0.2, 0.25) is 0 Å². The maximum Gasteiger partial charge on any atom is 0.254 e. The van der Waals surface area contributed by atoms with E-state index in [-0.39, 0.29) is 17.9 Å². The summed E-state index contributed by atoms with van der Waals surface area (Å²) in [5.74, 6) is 1.01. The van der Waals surface area contributed by atoms with Crippen molar-refractivity contribution in [2.24, 2.45) is 0 Å². The van der Waals surface area contributed by atoms with Crippen molar-refractivity contribution in [3.8, 4) is 11.4 Å². The summed E-state index contributed by atoms with van der Waals surface area (Å²) in [7, 11) is 0. The smallest absolute Gasteiger partial charge is 0.254 e. The second-order valence-electron chi connectivity index (χ2n) is 4.79. The minimum atomic E-state index is -0.207. The van der Waals surface area contributed by atoms with Gasteiger partial charge >= 0.3 is 0 Å². The van der Waals surface area contributed by atoms with Gasteiger partial charge in [-0.25, -0.2) is 4.98 Å². The molecule has 6 nitrogen and oxygen atoms in total. The Morgan fingerprint density at radius 1 is 1.36 bits per heavy atom. The fourth-order valence-corrected chi connectivity index (χ4v) is 2.19. The third-order valence-electron chi connectivity index (χ3n) is 3.21. The quantitative estimate of drug-likeness (QED) is 0.697. The maximum atomic E-state index is 12.2. The molecule has 2 aromatic heterocycles. The van der Waals surface area contributed by atoms with Gasteiger partial charge in [-0.1, -0.05) is 0 Å². The molecule has 2 aromatic rings. The minimum Gasteiger partial charge on any atom is -0.355 e. The Kier molecular flexibility index (Phi) is 5.71. The van der Waals surface area contributed by atoms with Crippen LogP contribution in [0, 0.1) is 6.92 Å². The van der Waals surface area contributed by atoms with Crippen molar-refractivity contribution in [1.29, 1.82) is 0 Å². The molecule has 116 valence electrons. The Balaban J connectivity index is 2.14. The number of amides is 1. The van der Waals surface area contributed by atoms with Crippen LogP contribution in [-0.4, -0.2) is 33.2 Å². The second-order valence-corrected chi connectivity index (χ2v) is 5.24. The summed E-state index contributed by atoms with van der Waals surface area (Å²) in [5.41, 5.74) is 1.77. The van der Waals surface area contributed by atoms with Gasteiger partial charge < -0.3 is 10.3 Å². The predicted octanol–water partition coefficient (Wildman–Crippen LogP) is 1.12.